The lowest BCUT2D eigenvalue weighted by Crippen LogP contribution is -2.49. The molecule has 35 heavy (non-hydrogen) atoms. The van der Waals surface area contributed by atoms with E-state index in [0.29, 0.717) is 49.0 Å². The smallest absolute Gasteiger partial charge is 0.341 e. The van der Waals surface area contributed by atoms with E-state index in [2.05, 4.69) is 30.6 Å². The minimum absolute atomic E-state index is 0.0198. The number of pyridine rings is 1. The molecule has 182 valence electrons. The number of rotatable bonds is 4. The average Bonchev–Trinajstić information content (AvgIpc) is 3.45. The molecule has 4 aromatic heterocycles. The number of hydrogen-bond donors (Lipinski definition) is 2. The molecule has 6 rings (SSSR count). The predicted octanol–water partition coefficient (Wildman–Crippen LogP) is 4.45. The number of alkyl halides is 3. The number of aromatic amines is 1. The monoisotopic (exact) mass is 483 g/mol. The molecule has 9 nitrogen and oxygen atoms in total. The predicted molar refractivity (Wildman–Crippen MR) is 122 cm³/mol. The maximum absolute atomic E-state index is 14.0. The molecule has 1 aliphatic heterocycles. The fourth-order valence-corrected chi connectivity index (χ4v) is 5.00. The molecular weight excluding hydrogens is 459 g/mol. The van der Waals surface area contributed by atoms with Crippen LogP contribution in [-0.4, -0.2) is 45.7 Å². The summed E-state index contributed by atoms with van der Waals surface area (Å²) >= 11 is 0. The average molecular weight is 484 g/mol. The second-order valence-corrected chi connectivity index (χ2v) is 9.30. The molecule has 1 saturated carbocycles. The van der Waals surface area contributed by atoms with Crippen molar-refractivity contribution in [2.45, 2.75) is 57.2 Å². The lowest BCUT2D eigenvalue weighted by molar-refractivity contribution is -0.216. The topological polar surface area (TPSA) is 102 Å². The third kappa shape index (κ3) is 3.34. The summed E-state index contributed by atoms with van der Waals surface area (Å²) in [5, 5.41) is 15.7. The van der Waals surface area contributed by atoms with Gasteiger partial charge in [0.15, 0.2) is 5.82 Å². The van der Waals surface area contributed by atoms with Crippen LogP contribution in [0.25, 0.3) is 22.9 Å². The third-order valence-corrected chi connectivity index (χ3v) is 7.16. The summed E-state index contributed by atoms with van der Waals surface area (Å²) < 4.78 is 45.4. The number of hydrogen-bond acceptors (Lipinski definition) is 6. The molecule has 0 spiro atoms. The summed E-state index contributed by atoms with van der Waals surface area (Å²) in [5.41, 5.74) is 1.26. The molecule has 0 bridgehead atoms. The highest BCUT2D eigenvalue weighted by Gasteiger charge is 2.62. The zero-order valence-electron chi connectivity index (χ0n) is 19.3. The van der Waals surface area contributed by atoms with Crippen molar-refractivity contribution in [1.82, 2.24) is 39.5 Å². The van der Waals surface area contributed by atoms with E-state index in [1.807, 2.05) is 26.1 Å². The van der Waals surface area contributed by atoms with Gasteiger partial charge in [0.2, 0.25) is 0 Å². The highest BCUT2D eigenvalue weighted by Crippen LogP contribution is 2.54. The van der Waals surface area contributed by atoms with Gasteiger partial charge in [-0.15, -0.1) is 10.2 Å². The van der Waals surface area contributed by atoms with Crippen LogP contribution in [0, 0.1) is 6.92 Å². The molecular formula is C23H24F3N9. The molecule has 5 heterocycles. The first-order valence-electron chi connectivity index (χ1n) is 11.6. The quantitative estimate of drug-likeness (QED) is 0.445. The van der Waals surface area contributed by atoms with Gasteiger partial charge in [-0.3, -0.25) is 4.68 Å². The fourth-order valence-electron chi connectivity index (χ4n) is 5.00. The Bertz CT molecular complexity index is 1410. The first-order chi connectivity index (χ1) is 16.8. The zero-order valence-corrected chi connectivity index (χ0v) is 19.3. The molecule has 2 aliphatic rings. The molecule has 0 aromatic carbocycles. The summed E-state index contributed by atoms with van der Waals surface area (Å²) in [5.74, 6) is 2.45. The minimum Gasteiger partial charge on any atom is -0.341 e. The van der Waals surface area contributed by atoms with Crippen molar-refractivity contribution in [1.29, 1.82) is 0 Å². The first-order valence-corrected chi connectivity index (χ1v) is 11.6. The number of nitrogens with zero attached hydrogens (tertiary/aromatic N) is 7. The Balaban J connectivity index is 1.40. The van der Waals surface area contributed by atoms with E-state index < -0.39 is 11.6 Å². The van der Waals surface area contributed by atoms with Crippen molar-refractivity contribution in [3.8, 4) is 22.9 Å². The summed E-state index contributed by atoms with van der Waals surface area (Å²) in [6.07, 6.45) is 1.07. The van der Waals surface area contributed by atoms with Crippen molar-refractivity contribution >= 4 is 11.6 Å². The minimum atomic E-state index is -4.35. The summed E-state index contributed by atoms with van der Waals surface area (Å²) in [6.45, 7) is 2.37. The van der Waals surface area contributed by atoms with E-state index in [1.54, 1.807) is 21.6 Å². The summed E-state index contributed by atoms with van der Waals surface area (Å²) in [7, 11) is 1.83. The highest BCUT2D eigenvalue weighted by atomic mass is 19.4. The highest BCUT2D eigenvalue weighted by molar-refractivity contribution is 5.69. The SMILES string of the molecule is Cc1cnc(Nc2ccnn2C)cc1-c1nc2c([nH]1)CCCn1c-2nnc1C1(C(F)(F)F)CCC1. The van der Waals surface area contributed by atoms with Gasteiger partial charge in [-0.2, -0.15) is 18.3 Å². The van der Waals surface area contributed by atoms with Gasteiger partial charge in [-0.05, 0) is 44.2 Å². The Morgan fingerprint density at radius 2 is 2.00 bits per heavy atom. The summed E-state index contributed by atoms with van der Waals surface area (Å²) in [6, 6.07) is 3.74. The van der Waals surface area contributed by atoms with Gasteiger partial charge in [0, 0.05) is 37.1 Å². The summed E-state index contributed by atoms with van der Waals surface area (Å²) in [4.78, 5) is 12.7. The molecule has 4 aromatic rings. The van der Waals surface area contributed by atoms with Gasteiger partial charge in [-0.25, -0.2) is 9.97 Å². The first kappa shape index (κ1) is 21.8. The number of anilines is 2. The lowest BCUT2D eigenvalue weighted by Gasteiger charge is -2.42. The maximum atomic E-state index is 14.0. The zero-order chi connectivity index (χ0) is 24.4. The molecule has 2 N–H and O–H groups in total. The van der Waals surface area contributed by atoms with Gasteiger partial charge < -0.3 is 14.9 Å². The molecule has 0 radical (unpaired) electrons. The Morgan fingerprint density at radius 3 is 2.69 bits per heavy atom. The van der Waals surface area contributed by atoms with Crippen LogP contribution in [0.1, 0.15) is 42.8 Å². The number of aryl methyl sites for hydroxylation is 3. The molecule has 0 saturated heterocycles. The van der Waals surface area contributed by atoms with Crippen molar-refractivity contribution in [3.05, 3.63) is 41.6 Å². The van der Waals surface area contributed by atoms with Crippen LogP contribution in [-0.2, 0) is 25.4 Å². The van der Waals surface area contributed by atoms with Crippen LogP contribution in [0.5, 0.6) is 0 Å². The Labute approximate surface area is 198 Å². The van der Waals surface area contributed by atoms with Crippen molar-refractivity contribution in [2.24, 2.45) is 7.05 Å². The van der Waals surface area contributed by atoms with E-state index in [0.717, 1.165) is 22.6 Å². The Hall–Kier alpha value is -3.70. The van der Waals surface area contributed by atoms with E-state index in [4.69, 9.17) is 4.98 Å². The van der Waals surface area contributed by atoms with E-state index in [1.165, 1.54) is 0 Å². The number of nitrogens with one attached hydrogen (secondary N) is 2. The van der Waals surface area contributed by atoms with Crippen LogP contribution in [0.4, 0.5) is 24.8 Å². The van der Waals surface area contributed by atoms with Gasteiger partial charge in [0.25, 0.3) is 0 Å². The number of fused-ring (bicyclic) bond motifs is 3. The number of imidazole rings is 1. The largest absolute Gasteiger partial charge is 0.401 e. The molecule has 12 heteroatoms. The van der Waals surface area contributed by atoms with E-state index in [9.17, 15) is 13.2 Å². The van der Waals surface area contributed by atoms with Crippen LogP contribution < -0.4 is 5.32 Å². The van der Waals surface area contributed by atoms with E-state index >= 15 is 0 Å². The third-order valence-electron chi connectivity index (χ3n) is 7.16. The number of halogens is 3. The van der Waals surface area contributed by atoms with Gasteiger partial charge >= 0.3 is 6.18 Å². The lowest BCUT2D eigenvalue weighted by atomic mass is 9.67. The van der Waals surface area contributed by atoms with Crippen molar-refractivity contribution < 1.29 is 13.2 Å². The standard InChI is InChI=1S/C23H24F3N9/c1-13-12-27-16(30-17-6-9-28-34(17)2)11-14(13)19-29-15-5-3-10-35-20(18(15)31-19)32-33-21(35)22(7-4-8-22)23(24,25)26/h6,9,11-12H,3-5,7-8,10H2,1-2H3,(H,27,30)(H,29,31). The van der Waals surface area contributed by atoms with Crippen molar-refractivity contribution in [2.75, 3.05) is 5.32 Å². The maximum Gasteiger partial charge on any atom is 0.401 e. The van der Waals surface area contributed by atoms with Gasteiger partial charge in [0.1, 0.15) is 34.4 Å². The fraction of sp³-hybridized carbons (Fsp3) is 0.435. The number of H-pyrrole nitrogens is 1. The van der Waals surface area contributed by atoms with Crippen LogP contribution in [0.15, 0.2) is 24.5 Å². The molecule has 0 atom stereocenters. The second kappa shape index (κ2) is 7.65. The number of aromatic nitrogens is 8. The molecule has 1 fully saturated rings. The van der Waals surface area contributed by atoms with Crippen LogP contribution >= 0.6 is 0 Å². The normalized spacial score (nSPS) is 16.8. The Morgan fingerprint density at radius 1 is 1.17 bits per heavy atom. The van der Waals surface area contributed by atoms with Crippen LogP contribution in [0.2, 0.25) is 0 Å². The molecule has 0 unspecified atom stereocenters. The Kier molecular flexibility index (Phi) is 4.77. The van der Waals surface area contributed by atoms with Crippen LogP contribution in [0.3, 0.4) is 0 Å². The molecule has 1 aliphatic carbocycles. The van der Waals surface area contributed by atoms with Gasteiger partial charge in [-0.1, -0.05) is 6.42 Å². The van der Waals surface area contributed by atoms with E-state index in [-0.39, 0.29) is 18.7 Å². The molecule has 0 amide bonds. The second-order valence-electron chi connectivity index (χ2n) is 9.30. The van der Waals surface area contributed by atoms with Gasteiger partial charge in [0.05, 0.1) is 6.20 Å². The van der Waals surface area contributed by atoms with Crippen molar-refractivity contribution in [3.63, 3.8) is 0 Å².